The van der Waals surface area contributed by atoms with E-state index in [0.717, 1.165) is 21.6 Å². The predicted octanol–water partition coefficient (Wildman–Crippen LogP) is 3.01. The van der Waals surface area contributed by atoms with Crippen molar-refractivity contribution in [3.63, 3.8) is 0 Å². The first kappa shape index (κ1) is 17.0. The van der Waals surface area contributed by atoms with E-state index in [0.29, 0.717) is 5.82 Å². The summed E-state index contributed by atoms with van der Waals surface area (Å²) in [6.07, 6.45) is 0. The molecule has 0 aliphatic carbocycles. The van der Waals surface area contributed by atoms with Crippen molar-refractivity contribution < 1.29 is 14.1 Å². The third-order valence-corrected chi connectivity index (χ3v) is 4.70. The highest BCUT2D eigenvalue weighted by molar-refractivity contribution is 6.07. The first-order valence-electron chi connectivity index (χ1n) is 8.56. The lowest BCUT2D eigenvalue weighted by molar-refractivity contribution is -0.131. The number of aromatic nitrogens is 2. The van der Waals surface area contributed by atoms with E-state index >= 15 is 0 Å². The Bertz CT molecular complexity index is 998. The third-order valence-electron chi connectivity index (χ3n) is 4.70. The predicted molar refractivity (Wildman–Crippen MR) is 97.3 cm³/mol. The number of urea groups is 1. The second-order valence-corrected chi connectivity index (χ2v) is 6.69. The van der Waals surface area contributed by atoms with E-state index in [1.807, 2.05) is 61.5 Å². The molecule has 1 aromatic heterocycles. The number of hydrogen-bond donors (Lipinski definition) is 1. The van der Waals surface area contributed by atoms with Gasteiger partial charge in [-0.2, -0.15) is 4.98 Å². The zero-order chi connectivity index (χ0) is 19.0. The Morgan fingerprint density at radius 2 is 1.78 bits per heavy atom. The topological polar surface area (TPSA) is 88.3 Å². The van der Waals surface area contributed by atoms with Crippen LogP contribution in [0, 0.1) is 6.92 Å². The Morgan fingerprint density at radius 3 is 2.48 bits per heavy atom. The molecule has 7 nitrogen and oxygen atoms in total. The zero-order valence-electron chi connectivity index (χ0n) is 15.0. The summed E-state index contributed by atoms with van der Waals surface area (Å²) in [6, 6.07) is 16.4. The monoisotopic (exact) mass is 362 g/mol. The summed E-state index contributed by atoms with van der Waals surface area (Å²) in [4.78, 5) is 30.8. The molecule has 0 saturated carbocycles. The quantitative estimate of drug-likeness (QED) is 0.721. The molecule has 1 fully saturated rings. The maximum atomic E-state index is 13.0. The molecule has 2 aromatic carbocycles. The molecule has 1 aliphatic heterocycles. The van der Waals surface area contributed by atoms with E-state index in [1.54, 1.807) is 6.92 Å². The number of nitrogens with zero attached hydrogens (tertiary/aromatic N) is 3. The summed E-state index contributed by atoms with van der Waals surface area (Å²) in [6.45, 7) is 3.58. The molecule has 7 heteroatoms. The number of imide groups is 1. The van der Waals surface area contributed by atoms with Crippen LogP contribution in [0.15, 0.2) is 59.1 Å². The van der Waals surface area contributed by atoms with Crippen LogP contribution in [0.3, 0.4) is 0 Å². The molecule has 3 aromatic rings. The van der Waals surface area contributed by atoms with Crippen LogP contribution in [-0.2, 0) is 16.9 Å². The molecule has 1 atom stereocenters. The van der Waals surface area contributed by atoms with Gasteiger partial charge in [-0.1, -0.05) is 65.3 Å². The van der Waals surface area contributed by atoms with Gasteiger partial charge in [-0.15, -0.1) is 0 Å². The lowest BCUT2D eigenvalue weighted by Gasteiger charge is -2.22. The van der Waals surface area contributed by atoms with Crippen LogP contribution in [-0.4, -0.2) is 27.0 Å². The Morgan fingerprint density at radius 1 is 1.07 bits per heavy atom. The van der Waals surface area contributed by atoms with Crippen molar-refractivity contribution >= 4 is 11.9 Å². The van der Waals surface area contributed by atoms with Crippen LogP contribution in [0.5, 0.6) is 0 Å². The van der Waals surface area contributed by atoms with Crippen molar-refractivity contribution in [1.29, 1.82) is 0 Å². The summed E-state index contributed by atoms with van der Waals surface area (Å²) >= 11 is 0. The largest absolute Gasteiger partial charge is 0.337 e. The number of benzene rings is 2. The van der Waals surface area contributed by atoms with E-state index in [4.69, 9.17) is 4.52 Å². The molecular weight excluding hydrogens is 344 g/mol. The van der Waals surface area contributed by atoms with Gasteiger partial charge in [0.2, 0.25) is 11.7 Å². The molecule has 0 bridgehead atoms. The fourth-order valence-electron chi connectivity index (χ4n) is 3.08. The first-order valence-corrected chi connectivity index (χ1v) is 8.56. The Hall–Kier alpha value is -3.48. The third kappa shape index (κ3) is 2.97. The second kappa shape index (κ2) is 6.35. The smallest absolute Gasteiger partial charge is 0.325 e. The van der Waals surface area contributed by atoms with Gasteiger partial charge < -0.3 is 9.84 Å². The summed E-state index contributed by atoms with van der Waals surface area (Å²) in [5, 5.41) is 6.70. The minimum Gasteiger partial charge on any atom is -0.337 e. The maximum absolute atomic E-state index is 13.0. The Balaban J connectivity index is 1.56. The van der Waals surface area contributed by atoms with Crippen LogP contribution in [0.2, 0.25) is 0 Å². The molecule has 1 saturated heterocycles. The number of amides is 3. The number of rotatable bonds is 4. The average molecular weight is 362 g/mol. The molecule has 4 rings (SSSR count). The maximum Gasteiger partial charge on any atom is 0.325 e. The Labute approximate surface area is 156 Å². The van der Waals surface area contributed by atoms with E-state index in [9.17, 15) is 9.59 Å². The van der Waals surface area contributed by atoms with E-state index in [1.165, 1.54) is 0 Å². The van der Waals surface area contributed by atoms with Gasteiger partial charge in [-0.05, 0) is 19.4 Å². The molecule has 2 heterocycles. The molecule has 1 N–H and O–H groups in total. The molecule has 0 spiro atoms. The first-order chi connectivity index (χ1) is 13.0. The summed E-state index contributed by atoms with van der Waals surface area (Å²) < 4.78 is 5.23. The molecule has 27 heavy (non-hydrogen) atoms. The van der Waals surface area contributed by atoms with Crippen LogP contribution in [0.25, 0.3) is 11.4 Å². The van der Waals surface area contributed by atoms with Crippen molar-refractivity contribution in [3.8, 4) is 11.4 Å². The molecule has 136 valence electrons. The fraction of sp³-hybridized carbons (Fsp3) is 0.200. The zero-order valence-corrected chi connectivity index (χ0v) is 15.0. The van der Waals surface area contributed by atoms with E-state index < -0.39 is 11.6 Å². The number of aryl methyl sites for hydroxylation is 1. The van der Waals surface area contributed by atoms with E-state index in [2.05, 4.69) is 15.5 Å². The second-order valence-electron chi connectivity index (χ2n) is 6.69. The van der Waals surface area contributed by atoms with Gasteiger partial charge in [-0.3, -0.25) is 9.69 Å². The minimum atomic E-state index is -1.12. The summed E-state index contributed by atoms with van der Waals surface area (Å²) in [7, 11) is 0. The van der Waals surface area contributed by atoms with Crippen molar-refractivity contribution in [3.05, 3.63) is 71.6 Å². The van der Waals surface area contributed by atoms with Gasteiger partial charge in [0.25, 0.3) is 5.91 Å². The highest BCUT2D eigenvalue weighted by Crippen LogP contribution is 2.30. The average Bonchev–Trinajstić information content (AvgIpc) is 3.22. The highest BCUT2D eigenvalue weighted by Gasteiger charge is 2.49. The molecule has 0 radical (unpaired) electrons. The van der Waals surface area contributed by atoms with Gasteiger partial charge in [0, 0.05) is 5.56 Å². The highest BCUT2D eigenvalue weighted by atomic mass is 16.5. The van der Waals surface area contributed by atoms with Gasteiger partial charge in [0.05, 0.1) is 0 Å². The molecule has 3 amide bonds. The summed E-state index contributed by atoms with van der Waals surface area (Å²) in [5.41, 5.74) is 1.49. The number of carbonyl (C=O) groups excluding carboxylic acids is 2. The Kier molecular flexibility index (Phi) is 3.99. The van der Waals surface area contributed by atoms with Crippen molar-refractivity contribution in [1.82, 2.24) is 20.4 Å². The number of hydrogen-bond acceptors (Lipinski definition) is 5. The molecule has 0 unspecified atom stereocenters. The lowest BCUT2D eigenvalue weighted by Crippen LogP contribution is -2.40. The normalized spacial score (nSPS) is 19.4. The molecule has 1 aliphatic rings. The van der Waals surface area contributed by atoms with Crippen LogP contribution in [0.4, 0.5) is 4.79 Å². The van der Waals surface area contributed by atoms with Crippen LogP contribution >= 0.6 is 0 Å². The van der Waals surface area contributed by atoms with Gasteiger partial charge >= 0.3 is 6.03 Å². The van der Waals surface area contributed by atoms with Gasteiger partial charge in [-0.25, -0.2) is 4.79 Å². The molecular formula is C20H18N4O3. The van der Waals surface area contributed by atoms with Crippen LogP contribution in [0.1, 0.15) is 23.9 Å². The standard InChI is InChI=1S/C20H18N4O3/c1-13-8-10-15(11-9-13)20(2)18(25)24(19(26)22-20)12-16-21-17(23-27-16)14-6-4-3-5-7-14/h3-11H,12H2,1-2H3,(H,22,26)/t20-/m1/s1. The van der Waals surface area contributed by atoms with Crippen molar-refractivity contribution in [2.45, 2.75) is 25.9 Å². The lowest BCUT2D eigenvalue weighted by atomic mass is 9.91. The summed E-state index contributed by atoms with van der Waals surface area (Å²) in [5.74, 6) is 0.264. The van der Waals surface area contributed by atoms with E-state index in [-0.39, 0.29) is 18.3 Å². The van der Waals surface area contributed by atoms with Crippen molar-refractivity contribution in [2.24, 2.45) is 0 Å². The van der Waals surface area contributed by atoms with Crippen LogP contribution < -0.4 is 5.32 Å². The number of nitrogens with one attached hydrogen (secondary N) is 1. The van der Waals surface area contributed by atoms with Gasteiger partial charge in [0.1, 0.15) is 12.1 Å². The number of carbonyl (C=O) groups is 2. The van der Waals surface area contributed by atoms with Gasteiger partial charge in [0.15, 0.2) is 0 Å². The SMILES string of the molecule is Cc1ccc([C@@]2(C)NC(=O)N(Cc3nc(-c4ccccc4)no3)C2=O)cc1. The minimum absolute atomic E-state index is 0.0774. The fourth-order valence-corrected chi connectivity index (χ4v) is 3.08. The van der Waals surface area contributed by atoms with Crippen molar-refractivity contribution in [2.75, 3.05) is 0 Å².